The highest BCUT2D eigenvalue weighted by Crippen LogP contribution is 2.47. The molecule has 7 rings (SSSR count). The van der Waals surface area contributed by atoms with Crippen molar-refractivity contribution in [2.24, 2.45) is 11.8 Å². The Hall–Kier alpha value is -3.48. The van der Waals surface area contributed by atoms with Crippen LogP contribution in [0.4, 0.5) is 0 Å². The molecule has 4 atom stereocenters. The summed E-state index contributed by atoms with van der Waals surface area (Å²) in [6, 6.07) is 22.2. The first-order chi connectivity index (χ1) is 20.6. The Morgan fingerprint density at radius 3 is 2.57 bits per heavy atom. The van der Waals surface area contributed by atoms with E-state index in [2.05, 4.69) is 76.7 Å². The van der Waals surface area contributed by atoms with Gasteiger partial charge in [-0.05, 0) is 96.6 Å². The van der Waals surface area contributed by atoms with E-state index in [4.69, 9.17) is 14.2 Å². The standard InChI is InChI=1S/C36H43N3O3/c1-4-24-21-39-15-13-25-18-34(40-2)35(41-3)20-29(25)33(39)17-26(24)16-32-36-28(12-14-37-32)30-19-27(10-11-31(30)38-36)42-22-23-8-6-5-7-9-23/h5-11,18-20,24,26,32-33,37-38H,4,12-17,21-22H2,1-3H3/t24-,26-,32+,33-/m0/s1. The van der Waals surface area contributed by atoms with E-state index in [1.165, 1.54) is 58.2 Å². The van der Waals surface area contributed by atoms with Crippen molar-refractivity contribution in [1.29, 1.82) is 0 Å². The molecule has 220 valence electrons. The maximum Gasteiger partial charge on any atom is 0.161 e. The number of ether oxygens (including phenoxy) is 3. The molecule has 6 heteroatoms. The Balaban J connectivity index is 1.13. The fourth-order valence-corrected chi connectivity index (χ4v) is 7.88. The van der Waals surface area contributed by atoms with E-state index >= 15 is 0 Å². The zero-order chi connectivity index (χ0) is 28.6. The lowest BCUT2D eigenvalue weighted by Crippen LogP contribution is -2.46. The molecule has 4 aromatic rings. The first-order valence-corrected chi connectivity index (χ1v) is 15.7. The van der Waals surface area contributed by atoms with Crippen LogP contribution < -0.4 is 19.5 Å². The van der Waals surface area contributed by atoms with Crippen molar-refractivity contribution in [1.82, 2.24) is 15.2 Å². The molecule has 0 unspecified atom stereocenters. The lowest BCUT2D eigenvalue weighted by atomic mass is 9.73. The highest BCUT2D eigenvalue weighted by atomic mass is 16.5. The Morgan fingerprint density at radius 2 is 1.76 bits per heavy atom. The van der Waals surface area contributed by atoms with E-state index in [-0.39, 0.29) is 0 Å². The number of nitrogens with one attached hydrogen (secondary N) is 2. The second-order valence-electron chi connectivity index (χ2n) is 12.3. The zero-order valence-corrected chi connectivity index (χ0v) is 25.1. The number of aromatic amines is 1. The monoisotopic (exact) mass is 565 g/mol. The molecule has 4 heterocycles. The number of fused-ring (bicyclic) bond motifs is 6. The first-order valence-electron chi connectivity index (χ1n) is 15.7. The van der Waals surface area contributed by atoms with Gasteiger partial charge in [0.25, 0.3) is 0 Å². The third-order valence-corrected chi connectivity index (χ3v) is 10.1. The van der Waals surface area contributed by atoms with Gasteiger partial charge in [-0.3, -0.25) is 4.90 Å². The average Bonchev–Trinajstić information content (AvgIpc) is 3.42. The molecule has 1 aromatic heterocycles. The van der Waals surface area contributed by atoms with E-state index in [9.17, 15) is 0 Å². The Bertz CT molecular complexity index is 1550. The minimum Gasteiger partial charge on any atom is -0.493 e. The average molecular weight is 566 g/mol. The zero-order valence-electron chi connectivity index (χ0n) is 25.1. The summed E-state index contributed by atoms with van der Waals surface area (Å²) < 4.78 is 17.6. The molecule has 0 spiro atoms. The molecule has 42 heavy (non-hydrogen) atoms. The SMILES string of the molecule is CC[C@H]1CN2CCc3cc(OC)c(OC)cc3[C@@H]2C[C@@H]1C[C@H]1NCCc2c1[nH]c1ccc(OCc3ccccc3)cc21. The van der Waals surface area contributed by atoms with Crippen molar-refractivity contribution in [3.05, 3.63) is 88.6 Å². The van der Waals surface area contributed by atoms with E-state index in [0.29, 0.717) is 30.5 Å². The van der Waals surface area contributed by atoms with Crippen LogP contribution in [-0.4, -0.2) is 43.7 Å². The van der Waals surface area contributed by atoms with E-state index in [1.807, 2.05) is 6.07 Å². The summed E-state index contributed by atoms with van der Waals surface area (Å²) in [5, 5.41) is 5.21. The van der Waals surface area contributed by atoms with Gasteiger partial charge in [0.2, 0.25) is 0 Å². The Morgan fingerprint density at radius 1 is 0.929 bits per heavy atom. The van der Waals surface area contributed by atoms with Crippen LogP contribution in [0.2, 0.25) is 0 Å². The van der Waals surface area contributed by atoms with Gasteiger partial charge in [0.05, 0.1) is 14.2 Å². The van der Waals surface area contributed by atoms with Crippen LogP contribution in [0.15, 0.2) is 60.7 Å². The van der Waals surface area contributed by atoms with Crippen LogP contribution in [0, 0.1) is 11.8 Å². The van der Waals surface area contributed by atoms with Crippen LogP contribution >= 0.6 is 0 Å². The second-order valence-corrected chi connectivity index (χ2v) is 12.3. The lowest BCUT2D eigenvalue weighted by molar-refractivity contribution is 0.0433. The molecule has 3 aliphatic rings. The molecule has 2 N–H and O–H groups in total. The lowest BCUT2D eigenvalue weighted by Gasteiger charge is -2.48. The number of rotatable bonds is 8. The van der Waals surface area contributed by atoms with Gasteiger partial charge < -0.3 is 24.5 Å². The highest BCUT2D eigenvalue weighted by molar-refractivity contribution is 5.86. The molecule has 6 nitrogen and oxygen atoms in total. The van der Waals surface area contributed by atoms with E-state index in [1.54, 1.807) is 14.2 Å². The smallest absolute Gasteiger partial charge is 0.161 e. The van der Waals surface area contributed by atoms with E-state index < -0.39 is 0 Å². The van der Waals surface area contributed by atoms with E-state index in [0.717, 1.165) is 49.6 Å². The third kappa shape index (κ3) is 5.05. The van der Waals surface area contributed by atoms with Gasteiger partial charge in [0.15, 0.2) is 11.5 Å². The minimum absolute atomic E-state index is 0.342. The maximum absolute atomic E-state index is 6.20. The largest absolute Gasteiger partial charge is 0.493 e. The van der Waals surface area contributed by atoms with Crippen molar-refractivity contribution in [3.8, 4) is 17.2 Å². The summed E-state index contributed by atoms with van der Waals surface area (Å²) in [7, 11) is 3.47. The van der Waals surface area contributed by atoms with Crippen molar-refractivity contribution < 1.29 is 14.2 Å². The fraction of sp³-hybridized carbons (Fsp3) is 0.444. The van der Waals surface area contributed by atoms with Crippen LogP contribution in [0.25, 0.3) is 10.9 Å². The quantitative estimate of drug-likeness (QED) is 0.241. The van der Waals surface area contributed by atoms with Crippen LogP contribution in [0.5, 0.6) is 17.2 Å². The van der Waals surface area contributed by atoms with Crippen molar-refractivity contribution in [2.75, 3.05) is 33.9 Å². The number of methoxy groups -OCH3 is 2. The fourth-order valence-electron chi connectivity index (χ4n) is 7.88. The van der Waals surface area contributed by atoms with Crippen LogP contribution in [-0.2, 0) is 19.4 Å². The second kappa shape index (κ2) is 11.7. The Labute approximate surface area is 249 Å². The molecule has 0 saturated carbocycles. The van der Waals surface area contributed by atoms with Crippen molar-refractivity contribution in [2.45, 2.75) is 57.7 Å². The third-order valence-electron chi connectivity index (χ3n) is 10.1. The molecule has 3 aliphatic heterocycles. The number of hydrogen-bond donors (Lipinski definition) is 2. The molecule has 3 aromatic carbocycles. The molecule has 0 aliphatic carbocycles. The molecule has 1 saturated heterocycles. The highest BCUT2D eigenvalue weighted by Gasteiger charge is 2.40. The van der Waals surface area contributed by atoms with Crippen molar-refractivity contribution >= 4 is 10.9 Å². The Kier molecular flexibility index (Phi) is 7.59. The summed E-state index contributed by atoms with van der Waals surface area (Å²) in [5.41, 5.74) is 8.09. The number of nitrogens with zero attached hydrogens (tertiary/aromatic N) is 1. The topological polar surface area (TPSA) is 58.8 Å². The van der Waals surface area contributed by atoms with Gasteiger partial charge in [-0.2, -0.15) is 0 Å². The molecule has 1 fully saturated rings. The summed E-state index contributed by atoms with van der Waals surface area (Å²) >= 11 is 0. The number of hydrogen-bond acceptors (Lipinski definition) is 5. The summed E-state index contributed by atoms with van der Waals surface area (Å²) in [5.74, 6) is 3.98. The summed E-state index contributed by atoms with van der Waals surface area (Å²) in [6.07, 6.45) is 5.68. The number of H-pyrrole nitrogens is 1. The van der Waals surface area contributed by atoms with Crippen LogP contribution in [0.1, 0.15) is 66.2 Å². The predicted octanol–water partition coefficient (Wildman–Crippen LogP) is 6.99. The molecule has 0 bridgehead atoms. The van der Waals surface area contributed by atoms with Gasteiger partial charge in [-0.1, -0.05) is 43.7 Å². The predicted molar refractivity (Wildman–Crippen MR) is 168 cm³/mol. The first kappa shape index (κ1) is 27.4. The number of aromatic nitrogens is 1. The van der Waals surface area contributed by atoms with Gasteiger partial charge in [0.1, 0.15) is 12.4 Å². The van der Waals surface area contributed by atoms with Crippen LogP contribution in [0.3, 0.4) is 0 Å². The molecule has 0 amide bonds. The van der Waals surface area contributed by atoms with Gasteiger partial charge in [-0.25, -0.2) is 0 Å². The van der Waals surface area contributed by atoms with Crippen molar-refractivity contribution in [3.63, 3.8) is 0 Å². The molecular weight excluding hydrogens is 522 g/mol. The molecular formula is C36H43N3O3. The maximum atomic E-state index is 6.20. The number of piperidine rings is 1. The van der Waals surface area contributed by atoms with Gasteiger partial charge in [-0.15, -0.1) is 0 Å². The van der Waals surface area contributed by atoms with Gasteiger partial charge >= 0.3 is 0 Å². The summed E-state index contributed by atoms with van der Waals surface area (Å²) in [6.45, 7) is 6.28. The van der Waals surface area contributed by atoms with Gasteiger partial charge in [0, 0.05) is 41.8 Å². The molecule has 0 radical (unpaired) electrons. The minimum atomic E-state index is 0.342. The number of benzene rings is 3. The summed E-state index contributed by atoms with van der Waals surface area (Å²) in [4.78, 5) is 6.57. The normalized spacial score (nSPS) is 23.6.